The van der Waals surface area contributed by atoms with Gasteiger partial charge >= 0.3 is 11.9 Å². The van der Waals surface area contributed by atoms with Crippen molar-refractivity contribution in [3.8, 4) is 17.2 Å². The molecule has 1 N–H and O–H groups in total. The Hall–Kier alpha value is -2.86. The minimum atomic E-state index is -0.700. The molecule has 2 rings (SSSR count). The van der Waals surface area contributed by atoms with E-state index in [4.69, 9.17) is 14.2 Å². The van der Waals surface area contributed by atoms with E-state index in [9.17, 15) is 9.59 Å². The molecular weight excluding hydrogens is 442 g/mol. The summed E-state index contributed by atoms with van der Waals surface area (Å²) in [6.45, 7) is 17.9. The molecule has 0 spiro atoms. The molecule has 35 heavy (non-hydrogen) atoms. The average Bonchev–Trinajstić information content (AvgIpc) is 2.72. The first kappa shape index (κ1) is 28.4. The first-order valence-corrected chi connectivity index (χ1v) is 12.2. The van der Waals surface area contributed by atoms with Gasteiger partial charge < -0.3 is 19.5 Å². The molecule has 192 valence electrons. The van der Waals surface area contributed by atoms with Gasteiger partial charge in [-0.2, -0.15) is 0 Å². The van der Waals surface area contributed by atoms with Gasteiger partial charge in [0.15, 0.2) is 11.5 Å². The molecule has 2 aromatic carbocycles. The van der Waals surface area contributed by atoms with E-state index in [1.54, 1.807) is 32.9 Å². The number of aryl methyl sites for hydroxylation is 1. The van der Waals surface area contributed by atoms with Crippen LogP contribution in [0.3, 0.4) is 0 Å². The van der Waals surface area contributed by atoms with Gasteiger partial charge in [-0.3, -0.25) is 9.59 Å². The fraction of sp³-hybridized carbons (Fsp3) is 0.517. The zero-order valence-electron chi connectivity index (χ0n) is 22.7. The van der Waals surface area contributed by atoms with Gasteiger partial charge in [-0.1, -0.05) is 37.6 Å². The number of carbonyl (C=O) groups excluding carboxylic acids is 2. The second-order valence-corrected chi connectivity index (χ2v) is 11.5. The molecule has 1 unspecified atom stereocenters. The number of hydrogen-bond donors (Lipinski definition) is 1. The van der Waals surface area contributed by atoms with Crippen LogP contribution in [0.15, 0.2) is 42.5 Å². The van der Waals surface area contributed by atoms with Gasteiger partial charge in [-0.15, -0.1) is 0 Å². The minimum absolute atomic E-state index is 0.168. The number of hydrogen-bond acceptors (Lipinski definition) is 6. The Morgan fingerprint density at radius 3 is 2.09 bits per heavy atom. The molecule has 0 radical (unpaired) electrons. The summed E-state index contributed by atoms with van der Waals surface area (Å²) >= 11 is 0. The van der Waals surface area contributed by atoms with Crippen molar-refractivity contribution in [2.24, 2.45) is 11.3 Å². The first-order chi connectivity index (χ1) is 16.1. The highest BCUT2D eigenvalue weighted by Gasteiger charge is 2.27. The van der Waals surface area contributed by atoms with Crippen molar-refractivity contribution < 1.29 is 23.8 Å². The van der Waals surface area contributed by atoms with E-state index in [1.165, 1.54) is 0 Å². The molecule has 0 bridgehead atoms. The molecule has 0 fully saturated rings. The lowest BCUT2D eigenvalue weighted by molar-refractivity contribution is -0.150. The summed E-state index contributed by atoms with van der Waals surface area (Å²) < 4.78 is 17.7. The third kappa shape index (κ3) is 9.73. The standard InChI is InChI=1S/C29H41NO5/c1-19(2)16-26(31)34-25(18-30-29(7,8)9)21-12-15-23(33-22-13-10-20(3)11-14-22)24(17-21)35-27(32)28(4,5)6/h10-15,17,19,25,30H,16,18H2,1-9H3. The summed E-state index contributed by atoms with van der Waals surface area (Å²) in [5.41, 5.74) is 0.962. The maximum atomic E-state index is 12.7. The Morgan fingerprint density at radius 2 is 1.54 bits per heavy atom. The van der Waals surface area contributed by atoms with Crippen LogP contribution in [0.25, 0.3) is 0 Å². The van der Waals surface area contributed by atoms with E-state index in [0.29, 0.717) is 30.0 Å². The van der Waals surface area contributed by atoms with Crippen molar-refractivity contribution in [3.05, 3.63) is 53.6 Å². The van der Waals surface area contributed by atoms with Gasteiger partial charge in [0.1, 0.15) is 11.9 Å². The quantitative estimate of drug-likeness (QED) is 0.314. The second-order valence-electron chi connectivity index (χ2n) is 11.5. The van der Waals surface area contributed by atoms with E-state index in [-0.39, 0.29) is 29.1 Å². The van der Waals surface area contributed by atoms with Gasteiger partial charge in [0, 0.05) is 18.5 Å². The smallest absolute Gasteiger partial charge is 0.316 e. The molecule has 0 aromatic heterocycles. The molecule has 0 aliphatic heterocycles. The maximum Gasteiger partial charge on any atom is 0.316 e. The largest absolute Gasteiger partial charge is 0.456 e. The lowest BCUT2D eigenvalue weighted by Gasteiger charge is -2.26. The summed E-state index contributed by atoms with van der Waals surface area (Å²) in [4.78, 5) is 25.3. The highest BCUT2D eigenvalue weighted by atomic mass is 16.6. The summed E-state index contributed by atoms with van der Waals surface area (Å²) in [6, 6.07) is 13.0. The molecule has 0 saturated carbocycles. The molecule has 0 aliphatic carbocycles. The van der Waals surface area contributed by atoms with Crippen LogP contribution in [-0.2, 0) is 14.3 Å². The third-order valence-corrected chi connectivity index (χ3v) is 5.07. The second kappa shape index (κ2) is 11.7. The van der Waals surface area contributed by atoms with Crippen LogP contribution in [0.1, 0.15) is 79.0 Å². The Kier molecular flexibility index (Phi) is 9.50. The Labute approximate surface area is 210 Å². The summed E-state index contributed by atoms with van der Waals surface area (Å²) in [5, 5.41) is 3.41. The predicted octanol–water partition coefficient (Wildman–Crippen LogP) is 6.76. The van der Waals surface area contributed by atoms with Crippen LogP contribution in [-0.4, -0.2) is 24.0 Å². The average molecular weight is 484 g/mol. The highest BCUT2D eigenvalue weighted by molar-refractivity contribution is 5.78. The number of benzene rings is 2. The molecular formula is C29H41NO5. The van der Waals surface area contributed by atoms with Crippen LogP contribution in [0.2, 0.25) is 0 Å². The van der Waals surface area contributed by atoms with Crippen molar-refractivity contribution in [1.82, 2.24) is 5.32 Å². The fourth-order valence-corrected chi connectivity index (χ4v) is 3.04. The number of rotatable bonds is 9. The molecule has 0 aliphatic rings. The van der Waals surface area contributed by atoms with Gasteiger partial charge in [0.05, 0.1) is 5.41 Å². The van der Waals surface area contributed by atoms with Crippen molar-refractivity contribution in [3.63, 3.8) is 0 Å². The zero-order valence-corrected chi connectivity index (χ0v) is 22.7. The van der Waals surface area contributed by atoms with Crippen LogP contribution in [0.4, 0.5) is 0 Å². The van der Waals surface area contributed by atoms with Crippen LogP contribution >= 0.6 is 0 Å². The van der Waals surface area contributed by atoms with E-state index >= 15 is 0 Å². The monoisotopic (exact) mass is 483 g/mol. The van der Waals surface area contributed by atoms with Crippen LogP contribution in [0.5, 0.6) is 17.2 Å². The van der Waals surface area contributed by atoms with Gasteiger partial charge in [0.2, 0.25) is 0 Å². The Morgan fingerprint density at radius 1 is 0.914 bits per heavy atom. The van der Waals surface area contributed by atoms with Crippen molar-refractivity contribution in [2.75, 3.05) is 6.54 Å². The van der Waals surface area contributed by atoms with Crippen LogP contribution < -0.4 is 14.8 Å². The minimum Gasteiger partial charge on any atom is -0.456 e. The lowest BCUT2D eigenvalue weighted by atomic mass is 9.97. The summed E-state index contributed by atoms with van der Waals surface area (Å²) in [7, 11) is 0. The molecule has 6 nitrogen and oxygen atoms in total. The summed E-state index contributed by atoms with van der Waals surface area (Å²) in [5.74, 6) is 0.853. The SMILES string of the molecule is Cc1ccc(Oc2ccc(C(CNC(C)(C)C)OC(=O)CC(C)C)cc2OC(=O)C(C)(C)C)cc1. The highest BCUT2D eigenvalue weighted by Crippen LogP contribution is 2.36. The normalized spacial score (nSPS) is 12.9. The maximum absolute atomic E-state index is 12.7. The molecule has 2 aromatic rings. The molecule has 6 heteroatoms. The predicted molar refractivity (Wildman–Crippen MR) is 139 cm³/mol. The molecule has 1 atom stereocenters. The van der Waals surface area contributed by atoms with E-state index in [0.717, 1.165) is 5.56 Å². The number of nitrogens with one attached hydrogen (secondary N) is 1. The van der Waals surface area contributed by atoms with E-state index in [1.807, 2.05) is 51.1 Å². The third-order valence-electron chi connectivity index (χ3n) is 5.07. The first-order valence-electron chi connectivity index (χ1n) is 12.2. The zero-order chi connectivity index (χ0) is 26.4. The van der Waals surface area contributed by atoms with Crippen LogP contribution in [0, 0.1) is 18.3 Å². The van der Waals surface area contributed by atoms with Gasteiger partial charge in [-0.05, 0) is 84.2 Å². The molecule has 0 amide bonds. The number of ether oxygens (including phenoxy) is 3. The summed E-state index contributed by atoms with van der Waals surface area (Å²) in [6.07, 6.45) is -0.229. The van der Waals surface area contributed by atoms with Crippen molar-refractivity contribution >= 4 is 11.9 Å². The Balaban J connectivity index is 2.44. The molecule has 0 saturated heterocycles. The Bertz CT molecular complexity index is 997. The van der Waals surface area contributed by atoms with Crippen molar-refractivity contribution in [1.29, 1.82) is 0 Å². The van der Waals surface area contributed by atoms with Gasteiger partial charge in [0.25, 0.3) is 0 Å². The topological polar surface area (TPSA) is 73.9 Å². The number of esters is 2. The lowest BCUT2D eigenvalue weighted by Crippen LogP contribution is -2.39. The molecule has 0 heterocycles. The van der Waals surface area contributed by atoms with Gasteiger partial charge in [-0.25, -0.2) is 0 Å². The fourth-order valence-electron chi connectivity index (χ4n) is 3.04. The van der Waals surface area contributed by atoms with E-state index < -0.39 is 11.5 Å². The number of carbonyl (C=O) groups is 2. The van der Waals surface area contributed by atoms with Crippen molar-refractivity contribution in [2.45, 2.75) is 80.4 Å². The van der Waals surface area contributed by atoms with E-state index in [2.05, 4.69) is 26.1 Å².